The van der Waals surface area contributed by atoms with Gasteiger partial charge in [0.15, 0.2) is 5.69 Å². The number of hydrogen-bond acceptors (Lipinski definition) is 3. The van der Waals surface area contributed by atoms with E-state index in [4.69, 9.17) is 4.74 Å². The number of nitrogens with one attached hydrogen (secondary N) is 1. The number of carbonyl (C=O) groups is 1. The zero-order valence-corrected chi connectivity index (χ0v) is 10.6. The van der Waals surface area contributed by atoms with Gasteiger partial charge in [-0.05, 0) is 20.3 Å². The van der Waals surface area contributed by atoms with Crippen LogP contribution in [0.25, 0.3) is 0 Å². The van der Waals surface area contributed by atoms with Crippen molar-refractivity contribution in [1.82, 2.24) is 15.1 Å². The molecule has 5 nitrogen and oxygen atoms in total. The van der Waals surface area contributed by atoms with Crippen molar-refractivity contribution >= 4 is 5.91 Å². The van der Waals surface area contributed by atoms with Crippen LogP contribution in [0.2, 0.25) is 0 Å². The Bertz CT molecular complexity index is 426. The molecule has 2 heterocycles. The van der Waals surface area contributed by atoms with Gasteiger partial charge in [-0.3, -0.25) is 4.79 Å². The van der Waals surface area contributed by atoms with Crippen molar-refractivity contribution < 1.29 is 9.53 Å². The zero-order chi connectivity index (χ0) is 12.4. The smallest absolute Gasteiger partial charge is 0.272 e. The number of amides is 1. The Balaban J connectivity index is 2.10. The van der Waals surface area contributed by atoms with Crippen LogP contribution < -0.4 is 10.1 Å². The van der Waals surface area contributed by atoms with Gasteiger partial charge in [0.2, 0.25) is 5.88 Å². The normalized spacial score (nSPS) is 15.2. The van der Waals surface area contributed by atoms with Crippen molar-refractivity contribution in [3.8, 4) is 5.88 Å². The average Bonchev–Trinajstić information content (AvgIpc) is 2.82. The van der Waals surface area contributed by atoms with E-state index < -0.39 is 0 Å². The second kappa shape index (κ2) is 4.77. The Morgan fingerprint density at radius 3 is 3.06 bits per heavy atom. The fourth-order valence-corrected chi connectivity index (χ4v) is 2.11. The van der Waals surface area contributed by atoms with Crippen LogP contribution in [-0.4, -0.2) is 28.3 Å². The van der Waals surface area contributed by atoms with E-state index in [2.05, 4.69) is 17.3 Å². The minimum absolute atomic E-state index is 0.103. The molecule has 94 valence electrons. The van der Waals surface area contributed by atoms with Crippen molar-refractivity contribution in [3.63, 3.8) is 0 Å². The number of rotatable bonds is 4. The second-order valence-electron chi connectivity index (χ2n) is 4.51. The number of aromatic nitrogens is 2. The van der Waals surface area contributed by atoms with Gasteiger partial charge in [0.05, 0.1) is 6.54 Å². The number of hydrogen-bond donors (Lipinski definition) is 1. The molecule has 17 heavy (non-hydrogen) atoms. The minimum Gasteiger partial charge on any atom is -0.476 e. The van der Waals surface area contributed by atoms with Gasteiger partial charge in [0.1, 0.15) is 6.61 Å². The van der Waals surface area contributed by atoms with E-state index in [-0.39, 0.29) is 11.9 Å². The molecule has 0 radical (unpaired) electrons. The molecule has 1 atom stereocenters. The molecule has 0 aromatic carbocycles. The summed E-state index contributed by atoms with van der Waals surface area (Å²) < 4.78 is 7.19. The highest BCUT2D eigenvalue weighted by Crippen LogP contribution is 2.25. The monoisotopic (exact) mass is 237 g/mol. The van der Waals surface area contributed by atoms with Crippen LogP contribution in [0.4, 0.5) is 0 Å². The molecule has 1 N–H and O–H groups in total. The minimum atomic E-state index is -0.103. The van der Waals surface area contributed by atoms with Crippen LogP contribution in [0.3, 0.4) is 0 Å². The molecule has 1 amide bonds. The van der Waals surface area contributed by atoms with Crippen LogP contribution >= 0.6 is 0 Å². The fourth-order valence-electron chi connectivity index (χ4n) is 2.11. The Hall–Kier alpha value is -1.52. The third kappa shape index (κ3) is 2.28. The molecule has 1 aromatic rings. The van der Waals surface area contributed by atoms with Crippen molar-refractivity contribution in [3.05, 3.63) is 11.3 Å². The lowest BCUT2D eigenvalue weighted by atomic mass is 10.2. The molecule has 0 fully saturated rings. The lowest BCUT2D eigenvalue weighted by Crippen LogP contribution is -2.33. The predicted molar refractivity (Wildman–Crippen MR) is 64.3 cm³/mol. The molecule has 1 aromatic heterocycles. The van der Waals surface area contributed by atoms with Crippen LogP contribution in [0.1, 0.15) is 42.7 Å². The average molecular weight is 237 g/mol. The molecular weight excluding hydrogens is 218 g/mol. The molecular formula is C12H19N3O2. The van der Waals surface area contributed by atoms with Crippen LogP contribution in [0, 0.1) is 6.92 Å². The highest BCUT2D eigenvalue weighted by Gasteiger charge is 2.24. The first-order chi connectivity index (χ1) is 8.13. The molecule has 1 aliphatic heterocycles. The maximum atomic E-state index is 12.0. The summed E-state index contributed by atoms with van der Waals surface area (Å²) in [6, 6.07) is 0.185. The Morgan fingerprint density at radius 1 is 1.65 bits per heavy atom. The Morgan fingerprint density at radius 2 is 2.41 bits per heavy atom. The van der Waals surface area contributed by atoms with E-state index in [1.54, 1.807) is 4.68 Å². The lowest BCUT2D eigenvalue weighted by Gasteiger charge is -2.11. The summed E-state index contributed by atoms with van der Waals surface area (Å²) in [5.41, 5.74) is 1.33. The summed E-state index contributed by atoms with van der Waals surface area (Å²) in [6.45, 7) is 7.37. The summed E-state index contributed by atoms with van der Waals surface area (Å²) in [5, 5.41) is 7.24. The standard InChI is InChI=1S/C12H19N3O2/c1-4-5-8(2)13-11(16)10-9(3)12-15(14-10)6-7-17-12/h8H,4-7H2,1-3H3,(H,13,16). The van der Waals surface area contributed by atoms with Gasteiger partial charge in [0, 0.05) is 11.6 Å². The SMILES string of the molecule is CCCC(C)NC(=O)c1nn2c(c1C)OCC2. The van der Waals surface area contributed by atoms with Crippen molar-refractivity contribution in [2.24, 2.45) is 0 Å². The van der Waals surface area contributed by atoms with E-state index in [1.807, 2.05) is 13.8 Å². The quantitative estimate of drug-likeness (QED) is 0.863. The van der Waals surface area contributed by atoms with Gasteiger partial charge < -0.3 is 10.1 Å². The number of ether oxygens (including phenoxy) is 1. The van der Waals surface area contributed by atoms with Crippen LogP contribution in [0.5, 0.6) is 5.88 Å². The van der Waals surface area contributed by atoms with Crippen molar-refractivity contribution in [1.29, 1.82) is 0 Å². The van der Waals surface area contributed by atoms with Crippen molar-refractivity contribution in [2.45, 2.75) is 46.2 Å². The molecule has 2 rings (SSSR count). The first-order valence-corrected chi connectivity index (χ1v) is 6.14. The van der Waals surface area contributed by atoms with E-state index in [9.17, 15) is 4.79 Å². The predicted octanol–water partition coefficient (Wildman–Crippen LogP) is 1.50. The van der Waals surface area contributed by atoms with E-state index in [0.29, 0.717) is 12.3 Å². The zero-order valence-electron chi connectivity index (χ0n) is 10.6. The number of fused-ring (bicyclic) bond motifs is 1. The molecule has 0 aliphatic carbocycles. The topological polar surface area (TPSA) is 56.2 Å². The molecule has 1 unspecified atom stereocenters. The number of nitrogens with zero attached hydrogens (tertiary/aromatic N) is 2. The van der Waals surface area contributed by atoms with Crippen LogP contribution in [-0.2, 0) is 6.54 Å². The van der Waals surface area contributed by atoms with Crippen LogP contribution in [0.15, 0.2) is 0 Å². The van der Waals surface area contributed by atoms with E-state index in [0.717, 1.165) is 30.8 Å². The first-order valence-electron chi connectivity index (χ1n) is 6.14. The molecule has 0 saturated carbocycles. The molecule has 0 bridgehead atoms. The van der Waals surface area contributed by atoms with Gasteiger partial charge in [-0.1, -0.05) is 13.3 Å². The largest absolute Gasteiger partial charge is 0.476 e. The summed E-state index contributed by atoms with van der Waals surface area (Å²) in [7, 11) is 0. The van der Waals surface area contributed by atoms with E-state index >= 15 is 0 Å². The highest BCUT2D eigenvalue weighted by atomic mass is 16.5. The van der Waals surface area contributed by atoms with Gasteiger partial charge in [-0.25, -0.2) is 4.68 Å². The summed E-state index contributed by atoms with van der Waals surface area (Å²) in [5.74, 6) is 0.632. The molecule has 0 saturated heterocycles. The van der Waals surface area contributed by atoms with Gasteiger partial charge in [0.25, 0.3) is 5.91 Å². The van der Waals surface area contributed by atoms with Gasteiger partial charge in [-0.15, -0.1) is 0 Å². The first kappa shape index (κ1) is 12.0. The summed E-state index contributed by atoms with van der Waals surface area (Å²) >= 11 is 0. The van der Waals surface area contributed by atoms with E-state index in [1.165, 1.54) is 0 Å². The fraction of sp³-hybridized carbons (Fsp3) is 0.667. The molecule has 1 aliphatic rings. The Labute approximate surface area is 101 Å². The summed E-state index contributed by atoms with van der Waals surface area (Å²) in [4.78, 5) is 12.0. The molecule has 5 heteroatoms. The Kier molecular flexibility index (Phi) is 3.36. The maximum absolute atomic E-state index is 12.0. The highest BCUT2D eigenvalue weighted by molar-refractivity contribution is 5.94. The van der Waals surface area contributed by atoms with Gasteiger partial charge in [-0.2, -0.15) is 5.10 Å². The third-order valence-electron chi connectivity index (χ3n) is 2.99. The molecule has 0 spiro atoms. The maximum Gasteiger partial charge on any atom is 0.272 e. The summed E-state index contributed by atoms with van der Waals surface area (Å²) in [6.07, 6.45) is 2.04. The van der Waals surface area contributed by atoms with Gasteiger partial charge >= 0.3 is 0 Å². The third-order valence-corrected chi connectivity index (χ3v) is 2.99. The number of carbonyl (C=O) groups excluding carboxylic acids is 1. The second-order valence-corrected chi connectivity index (χ2v) is 4.51. The van der Waals surface area contributed by atoms with Crippen molar-refractivity contribution in [2.75, 3.05) is 6.61 Å². The lowest BCUT2D eigenvalue weighted by molar-refractivity contribution is 0.0931.